The number of hydrogen-bond acceptors (Lipinski definition) is 5. The predicted molar refractivity (Wildman–Crippen MR) is 74.5 cm³/mol. The maximum atomic E-state index is 11.2. The lowest BCUT2D eigenvalue weighted by molar-refractivity contribution is -0.307. The third-order valence-electron chi connectivity index (χ3n) is 2.74. The number of aliphatic carboxylic acids is 1. The van der Waals surface area contributed by atoms with Gasteiger partial charge < -0.3 is 20.3 Å². The van der Waals surface area contributed by atoms with Crippen molar-refractivity contribution in [3.8, 4) is 0 Å². The fraction of sp³-hybridized carbons (Fsp3) is 0.857. The average molecular weight is 287 g/mol. The molecular formula is C14H27N2O4-. The molecule has 1 rings (SSSR count). The Kier molecular flexibility index (Phi) is 8.41. The van der Waals surface area contributed by atoms with Crippen LogP contribution >= 0.6 is 0 Å². The van der Waals surface area contributed by atoms with Gasteiger partial charge in [0, 0.05) is 18.9 Å². The first-order valence-electron chi connectivity index (χ1n) is 7.04. The van der Waals surface area contributed by atoms with E-state index in [0.717, 1.165) is 6.54 Å². The molecule has 6 nitrogen and oxygen atoms in total. The molecule has 0 radical (unpaired) electrons. The number of carboxylic acids is 1. The molecule has 1 aliphatic rings. The first-order valence-corrected chi connectivity index (χ1v) is 7.04. The van der Waals surface area contributed by atoms with E-state index in [9.17, 15) is 14.7 Å². The molecule has 0 aromatic rings. The molecule has 118 valence electrons. The van der Waals surface area contributed by atoms with E-state index in [1.54, 1.807) is 0 Å². The summed E-state index contributed by atoms with van der Waals surface area (Å²) >= 11 is 0. The van der Waals surface area contributed by atoms with E-state index in [1.165, 1.54) is 6.92 Å². The summed E-state index contributed by atoms with van der Waals surface area (Å²) in [6, 6.07) is 0. The molecule has 0 bridgehead atoms. The molecule has 0 aliphatic carbocycles. The van der Waals surface area contributed by atoms with Gasteiger partial charge in [-0.15, -0.1) is 0 Å². The van der Waals surface area contributed by atoms with Crippen molar-refractivity contribution < 1.29 is 19.8 Å². The Labute approximate surface area is 121 Å². The SMILES string of the molecule is CC(C)CN1CC(=O)NC1C(C)C.CC(O)CC(=O)[O-]. The Morgan fingerprint density at radius 2 is 1.95 bits per heavy atom. The quantitative estimate of drug-likeness (QED) is 0.715. The molecule has 1 saturated heterocycles. The highest BCUT2D eigenvalue weighted by molar-refractivity contribution is 5.80. The number of amides is 1. The molecule has 1 heterocycles. The van der Waals surface area contributed by atoms with Crippen LogP contribution < -0.4 is 10.4 Å². The second-order valence-electron chi connectivity index (χ2n) is 6.00. The van der Waals surface area contributed by atoms with Crippen molar-refractivity contribution in [3.05, 3.63) is 0 Å². The van der Waals surface area contributed by atoms with Crippen molar-refractivity contribution in [2.75, 3.05) is 13.1 Å². The summed E-state index contributed by atoms with van der Waals surface area (Å²) < 4.78 is 0. The zero-order chi connectivity index (χ0) is 15.9. The molecule has 0 aromatic carbocycles. The van der Waals surface area contributed by atoms with Crippen molar-refractivity contribution in [2.45, 2.75) is 53.3 Å². The summed E-state index contributed by atoms with van der Waals surface area (Å²) in [5, 5.41) is 20.8. The number of nitrogens with one attached hydrogen (secondary N) is 1. The van der Waals surface area contributed by atoms with Crippen molar-refractivity contribution in [2.24, 2.45) is 11.8 Å². The number of aliphatic hydroxyl groups is 1. The number of aliphatic hydroxyl groups excluding tert-OH is 1. The van der Waals surface area contributed by atoms with E-state index >= 15 is 0 Å². The standard InChI is InChI=1S/C10H20N2O.C4H8O3/c1-7(2)5-12-6-9(13)11-10(12)8(3)4;1-3(5)2-4(6)7/h7-8,10H,5-6H2,1-4H3,(H,11,13);3,5H,2H2,1H3,(H,6,7)/p-1. The van der Waals surface area contributed by atoms with Gasteiger partial charge in [-0.3, -0.25) is 9.69 Å². The molecule has 0 spiro atoms. The number of carboxylic acid groups (broad SMARTS) is 1. The number of carbonyl (C=O) groups is 2. The monoisotopic (exact) mass is 287 g/mol. The third kappa shape index (κ3) is 8.12. The van der Waals surface area contributed by atoms with Gasteiger partial charge in [-0.2, -0.15) is 0 Å². The number of rotatable bonds is 5. The molecule has 6 heteroatoms. The molecule has 20 heavy (non-hydrogen) atoms. The Balaban J connectivity index is 0.000000441. The zero-order valence-electron chi connectivity index (χ0n) is 13.0. The summed E-state index contributed by atoms with van der Waals surface area (Å²) in [5.74, 6) is 0.0634. The molecule has 1 fully saturated rings. The largest absolute Gasteiger partial charge is 0.550 e. The summed E-state index contributed by atoms with van der Waals surface area (Å²) in [6.07, 6.45) is -0.820. The summed E-state index contributed by atoms with van der Waals surface area (Å²) in [4.78, 5) is 23.0. The van der Waals surface area contributed by atoms with Gasteiger partial charge in [0.2, 0.25) is 5.91 Å². The summed E-state index contributed by atoms with van der Waals surface area (Å²) in [5.41, 5.74) is 0. The van der Waals surface area contributed by atoms with E-state index in [-0.39, 0.29) is 18.5 Å². The van der Waals surface area contributed by atoms with E-state index < -0.39 is 12.1 Å². The van der Waals surface area contributed by atoms with Gasteiger partial charge in [0.1, 0.15) is 0 Å². The van der Waals surface area contributed by atoms with Gasteiger partial charge >= 0.3 is 0 Å². The van der Waals surface area contributed by atoms with Gasteiger partial charge in [-0.05, 0) is 18.8 Å². The van der Waals surface area contributed by atoms with Crippen molar-refractivity contribution >= 4 is 11.9 Å². The van der Waals surface area contributed by atoms with E-state index in [4.69, 9.17) is 5.11 Å². The summed E-state index contributed by atoms with van der Waals surface area (Å²) in [6.45, 7) is 11.6. The van der Waals surface area contributed by atoms with Crippen LogP contribution in [0.15, 0.2) is 0 Å². The molecule has 1 aliphatic heterocycles. The lowest BCUT2D eigenvalue weighted by Crippen LogP contribution is -2.41. The van der Waals surface area contributed by atoms with Gasteiger partial charge in [-0.25, -0.2) is 0 Å². The van der Waals surface area contributed by atoms with E-state index in [2.05, 4.69) is 37.9 Å². The van der Waals surface area contributed by atoms with Gasteiger partial charge in [-0.1, -0.05) is 27.7 Å². The van der Waals surface area contributed by atoms with Crippen LogP contribution in [0.25, 0.3) is 0 Å². The Morgan fingerprint density at radius 1 is 1.40 bits per heavy atom. The smallest absolute Gasteiger partial charge is 0.235 e. The fourth-order valence-corrected chi connectivity index (χ4v) is 2.06. The fourth-order valence-electron chi connectivity index (χ4n) is 2.06. The van der Waals surface area contributed by atoms with Crippen molar-refractivity contribution in [1.29, 1.82) is 0 Å². The average Bonchev–Trinajstić information content (AvgIpc) is 2.57. The normalized spacial score (nSPS) is 20.6. The Hall–Kier alpha value is -1.14. The van der Waals surface area contributed by atoms with E-state index in [1.807, 2.05) is 0 Å². The number of hydrogen-bond donors (Lipinski definition) is 2. The van der Waals surface area contributed by atoms with E-state index in [0.29, 0.717) is 18.4 Å². The lowest BCUT2D eigenvalue weighted by atomic mass is 10.1. The minimum Gasteiger partial charge on any atom is -0.550 e. The summed E-state index contributed by atoms with van der Waals surface area (Å²) in [7, 11) is 0. The minimum absolute atomic E-state index is 0.166. The second kappa shape index (κ2) is 8.92. The lowest BCUT2D eigenvalue weighted by Gasteiger charge is -2.27. The third-order valence-corrected chi connectivity index (χ3v) is 2.74. The highest BCUT2D eigenvalue weighted by Gasteiger charge is 2.31. The predicted octanol–water partition coefficient (Wildman–Crippen LogP) is -0.436. The van der Waals surface area contributed by atoms with Gasteiger partial charge in [0.25, 0.3) is 0 Å². The van der Waals surface area contributed by atoms with Gasteiger partial charge in [0.05, 0.1) is 18.8 Å². The molecule has 0 aromatic heterocycles. The molecule has 1 amide bonds. The zero-order valence-corrected chi connectivity index (χ0v) is 13.0. The van der Waals surface area contributed by atoms with Crippen LogP contribution in [-0.4, -0.2) is 47.2 Å². The van der Waals surface area contributed by atoms with Crippen LogP contribution in [0.2, 0.25) is 0 Å². The van der Waals surface area contributed by atoms with Crippen molar-refractivity contribution in [3.63, 3.8) is 0 Å². The maximum Gasteiger partial charge on any atom is 0.235 e. The first-order chi connectivity index (χ1) is 9.13. The van der Waals surface area contributed by atoms with Crippen LogP contribution in [0.4, 0.5) is 0 Å². The first kappa shape index (κ1) is 18.9. The molecule has 2 N–H and O–H groups in total. The second-order valence-corrected chi connectivity index (χ2v) is 6.00. The Morgan fingerprint density at radius 3 is 2.25 bits per heavy atom. The number of nitrogens with zero attached hydrogens (tertiary/aromatic N) is 1. The minimum atomic E-state index is -1.21. The Bertz CT molecular complexity index is 316. The van der Waals surface area contributed by atoms with Crippen LogP contribution in [-0.2, 0) is 9.59 Å². The molecule has 2 unspecified atom stereocenters. The van der Waals surface area contributed by atoms with Crippen molar-refractivity contribution in [1.82, 2.24) is 10.2 Å². The number of carbonyl (C=O) groups excluding carboxylic acids is 2. The van der Waals surface area contributed by atoms with Crippen LogP contribution in [0.5, 0.6) is 0 Å². The maximum absolute atomic E-state index is 11.2. The molecule has 0 saturated carbocycles. The van der Waals surface area contributed by atoms with Crippen LogP contribution in [0.3, 0.4) is 0 Å². The van der Waals surface area contributed by atoms with Gasteiger partial charge in [0.15, 0.2) is 0 Å². The molecular weight excluding hydrogens is 260 g/mol. The topological polar surface area (TPSA) is 92.7 Å². The highest BCUT2D eigenvalue weighted by atomic mass is 16.4. The van der Waals surface area contributed by atoms with Crippen LogP contribution in [0, 0.1) is 11.8 Å². The highest BCUT2D eigenvalue weighted by Crippen LogP contribution is 2.14. The van der Waals surface area contributed by atoms with Crippen LogP contribution in [0.1, 0.15) is 41.0 Å². The molecule has 2 atom stereocenters.